The van der Waals surface area contributed by atoms with Crippen LogP contribution in [0.2, 0.25) is 0 Å². The van der Waals surface area contributed by atoms with Crippen LogP contribution in [0.25, 0.3) is 0 Å². The summed E-state index contributed by atoms with van der Waals surface area (Å²) >= 11 is 1.34. The Hall–Kier alpha value is -2.21. The van der Waals surface area contributed by atoms with Crippen LogP contribution < -0.4 is 5.32 Å². The van der Waals surface area contributed by atoms with Gasteiger partial charge in [-0.1, -0.05) is 18.2 Å². The lowest BCUT2D eigenvalue weighted by Crippen LogP contribution is -2.42. The van der Waals surface area contributed by atoms with E-state index in [9.17, 15) is 9.59 Å². The molecule has 1 fully saturated rings. The third-order valence-corrected chi connectivity index (χ3v) is 4.16. The molecule has 5 nitrogen and oxygen atoms in total. The van der Waals surface area contributed by atoms with E-state index in [2.05, 4.69) is 10.3 Å². The molecule has 1 aliphatic rings. The number of carbonyl (C=O) groups excluding carboxylic acids is 2. The van der Waals surface area contributed by atoms with Crippen LogP contribution in [0, 0.1) is 0 Å². The lowest BCUT2D eigenvalue weighted by Gasteiger charge is -2.30. The Morgan fingerprint density at radius 3 is 2.67 bits per heavy atom. The monoisotopic (exact) mass is 301 g/mol. The van der Waals surface area contributed by atoms with Crippen molar-refractivity contribution in [1.82, 2.24) is 9.88 Å². The number of anilines is 1. The number of hydrogen-bond donors (Lipinski definition) is 1. The molecule has 1 aromatic carbocycles. The first-order chi connectivity index (χ1) is 10.2. The molecular formula is C15H15N3O2S. The highest BCUT2D eigenvalue weighted by molar-refractivity contribution is 7.14. The Kier molecular flexibility index (Phi) is 3.96. The molecule has 0 bridgehead atoms. The van der Waals surface area contributed by atoms with Crippen molar-refractivity contribution in [3.63, 3.8) is 0 Å². The van der Waals surface area contributed by atoms with E-state index >= 15 is 0 Å². The molecule has 3 rings (SSSR count). The van der Waals surface area contributed by atoms with E-state index in [1.165, 1.54) is 11.3 Å². The molecule has 0 radical (unpaired) electrons. The van der Waals surface area contributed by atoms with Gasteiger partial charge in [0.2, 0.25) is 5.91 Å². The van der Waals surface area contributed by atoms with E-state index in [0.717, 1.165) is 19.5 Å². The highest BCUT2D eigenvalue weighted by Crippen LogP contribution is 2.18. The third kappa shape index (κ3) is 3.28. The fourth-order valence-corrected chi connectivity index (χ4v) is 2.74. The van der Waals surface area contributed by atoms with Gasteiger partial charge in [0.05, 0.1) is 12.1 Å². The first-order valence-electron chi connectivity index (χ1n) is 6.81. The van der Waals surface area contributed by atoms with Crippen molar-refractivity contribution in [3.05, 3.63) is 47.0 Å². The Bertz CT molecular complexity index is 650. The fourth-order valence-electron chi connectivity index (χ4n) is 2.04. The first kappa shape index (κ1) is 13.8. The van der Waals surface area contributed by atoms with Crippen LogP contribution in [0.15, 0.2) is 35.7 Å². The van der Waals surface area contributed by atoms with Crippen molar-refractivity contribution in [2.45, 2.75) is 12.8 Å². The summed E-state index contributed by atoms with van der Waals surface area (Å²) in [5, 5.41) is 5.09. The van der Waals surface area contributed by atoms with E-state index in [-0.39, 0.29) is 11.8 Å². The number of aromatic nitrogens is 1. The van der Waals surface area contributed by atoms with Crippen molar-refractivity contribution in [2.24, 2.45) is 0 Å². The van der Waals surface area contributed by atoms with Gasteiger partial charge in [0.25, 0.3) is 5.91 Å². The van der Waals surface area contributed by atoms with Crippen LogP contribution >= 0.6 is 11.3 Å². The van der Waals surface area contributed by atoms with Gasteiger partial charge in [-0.2, -0.15) is 0 Å². The molecular weight excluding hydrogens is 286 g/mol. The zero-order chi connectivity index (χ0) is 14.7. The summed E-state index contributed by atoms with van der Waals surface area (Å²) in [7, 11) is 0. The molecule has 1 saturated heterocycles. The molecule has 0 saturated carbocycles. The second kappa shape index (κ2) is 6.05. The number of benzene rings is 1. The Morgan fingerprint density at radius 2 is 2.00 bits per heavy atom. The SMILES string of the molecule is O=C(Nc1nc(CC(=O)N2CCC2)cs1)c1ccccc1. The smallest absolute Gasteiger partial charge is 0.257 e. The predicted octanol–water partition coefficient (Wildman–Crippen LogP) is 2.17. The maximum Gasteiger partial charge on any atom is 0.257 e. The van der Waals surface area contributed by atoms with Gasteiger partial charge < -0.3 is 4.90 Å². The van der Waals surface area contributed by atoms with Gasteiger partial charge in [-0.3, -0.25) is 14.9 Å². The van der Waals surface area contributed by atoms with Gasteiger partial charge in [0.15, 0.2) is 5.13 Å². The van der Waals surface area contributed by atoms with Gasteiger partial charge in [0, 0.05) is 24.0 Å². The van der Waals surface area contributed by atoms with Crippen LogP contribution in [0.5, 0.6) is 0 Å². The maximum absolute atomic E-state index is 12.0. The summed E-state index contributed by atoms with van der Waals surface area (Å²) in [6.07, 6.45) is 1.39. The summed E-state index contributed by atoms with van der Waals surface area (Å²) in [6, 6.07) is 8.98. The molecule has 0 atom stereocenters. The quantitative estimate of drug-likeness (QED) is 0.941. The van der Waals surface area contributed by atoms with E-state index in [1.807, 2.05) is 28.5 Å². The van der Waals surface area contributed by atoms with E-state index in [4.69, 9.17) is 0 Å². The minimum atomic E-state index is -0.189. The van der Waals surface area contributed by atoms with Gasteiger partial charge in [0.1, 0.15) is 0 Å². The number of rotatable bonds is 4. The van der Waals surface area contributed by atoms with Gasteiger partial charge in [-0.15, -0.1) is 11.3 Å². The summed E-state index contributed by atoms with van der Waals surface area (Å²) in [4.78, 5) is 30.0. The highest BCUT2D eigenvalue weighted by Gasteiger charge is 2.21. The fraction of sp³-hybridized carbons (Fsp3) is 0.267. The molecule has 2 amide bonds. The summed E-state index contributed by atoms with van der Waals surface area (Å²) in [5.41, 5.74) is 1.30. The molecule has 21 heavy (non-hydrogen) atoms. The zero-order valence-electron chi connectivity index (χ0n) is 11.4. The van der Waals surface area contributed by atoms with Crippen molar-refractivity contribution < 1.29 is 9.59 Å². The molecule has 0 unspecified atom stereocenters. The molecule has 6 heteroatoms. The molecule has 0 spiro atoms. The van der Waals surface area contributed by atoms with Crippen LogP contribution in [0.4, 0.5) is 5.13 Å². The van der Waals surface area contributed by atoms with Crippen LogP contribution in [-0.4, -0.2) is 34.8 Å². The van der Waals surface area contributed by atoms with Gasteiger partial charge in [-0.25, -0.2) is 4.98 Å². The average Bonchev–Trinajstić information content (AvgIpc) is 2.84. The van der Waals surface area contributed by atoms with Crippen LogP contribution in [0.3, 0.4) is 0 Å². The second-order valence-electron chi connectivity index (χ2n) is 4.88. The van der Waals surface area contributed by atoms with Crippen molar-refractivity contribution in [2.75, 3.05) is 18.4 Å². The van der Waals surface area contributed by atoms with E-state index < -0.39 is 0 Å². The highest BCUT2D eigenvalue weighted by atomic mass is 32.1. The van der Waals surface area contributed by atoms with Gasteiger partial charge in [-0.05, 0) is 18.6 Å². The van der Waals surface area contributed by atoms with Crippen molar-refractivity contribution in [3.8, 4) is 0 Å². The Labute approximate surface area is 126 Å². The molecule has 0 aliphatic carbocycles. The van der Waals surface area contributed by atoms with Crippen LogP contribution in [0.1, 0.15) is 22.5 Å². The number of thiazole rings is 1. The van der Waals surface area contributed by atoms with E-state index in [1.54, 1.807) is 12.1 Å². The van der Waals surface area contributed by atoms with Crippen LogP contribution in [-0.2, 0) is 11.2 Å². The maximum atomic E-state index is 12.0. The second-order valence-corrected chi connectivity index (χ2v) is 5.73. The summed E-state index contributed by atoms with van der Waals surface area (Å²) in [6.45, 7) is 1.70. The predicted molar refractivity (Wildman–Crippen MR) is 81.4 cm³/mol. The van der Waals surface area contributed by atoms with Crippen molar-refractivity contribution in [1.29, 1.82) is 0 Å². The van der Waals surface area contributed by atoms with Gasteiger partial charge >= 0.3 is 0 Å². The largest absolute Gasteiger partial charge is 0.342 e. The molecule has 108 valence electrons. The molecule has 1 aliphatic heterocycles. The lowest BCUT2D eigenvalue weighted by molar-refractivity contribution is -0.133. The molecule has 2 heterocycles. The number of amides is 2. The minimum Gasteiger partial charge on any atom is -0.342 e. The Morgan fingerprint density at radius 1 is 1.24 bits per heavy atom. The average molecular weight is 301 g/mol. The third-order valence-electron chi connectivity index (χ3n) is 3.35. The molecule has 2 aromatic rings. The lowest BCUT2D eigenvalue weighted by atomic mass is 10.2. The summed E-state index contributed by atoms with van der Waals surface area (Å²) < 4.78 is 0. The molecule has 1 N–H and O–H groups in total. The van der Waals surface area contributed by atoms with E-state index in [0.29, 0.717) is 22.8 Å². The standard InChI is InChI=1S/C15H15N3O2S/c19-13(18-7-4-8-18)9-12-10-21-15(16-12)17-14(20)11-5-2-1-3-6-11/h1-3,5-6,10H,4,7-9H2,(H,16,17,20). The number of likely N-dealkylation sites (tertiary alicyclic amines) is 1. The molecule has 1 aromatic heterocycles. The number of nitrogens with zero attached hydrogens (tertiary/aromatic N) is 2. The number of hydrogen-bond acceptors (Lipinski definition) is 4. The first-order valence-corrected chi connectivity index (χ1v) is 7.69. The topological polar surface area (TPSA) is 62.3 Å². The van der Waals surface area contributed by atoms with Crippen molar-refractivity contribution >= 4 is 28.3 Å². The normalized spacial score (nSPS) is 13.6. The number of nitrogens with one attached hydrogen (secondary N) is 1. The zero-order valence-corrected chi connectivity index (χ0v) is 12.2. The summed E-state index contributed by atoms with van der Waals surface area (Å²) in [5.74, 6) is -0.0851. The minimum absolute atomic E-state index is 0.104. The number of carbonyl (C=O) groups is 2. The Balaban J connectivity index is 1.60.